The number of hydrogen-bond donors (Lipinski definition) is 2. The molecule has 2 unspecified atom stereocenters. The lowest BCUT2D eigenvalue weighted by atomic mass is 9.94. The van der Waals surface area contributed by atoms with Crippen molar-refractivity contribution in [3.05, 3.63) is 0 Å². The molecule has 4 nitrogen and oxygen atoms in total. The third kappa shape index (κ3) is 3.71. The highest BCUT2D eigenvalue weighted by Gasteiger charge is 2.38. The summed E-state index contributed by atoms with van der Waals surface area (Å²) in [6, 6.07) is 0. The molecule has 16 heavy (non-hydrogen) atoms. The Labute approximate surface area is 98.9 Å². The molecular formula is C11H24N2O2S. The molecule has 0 amide bonds. The lowest BCUT2D eigenvalue weighted by molar-refractivity contribution is 0.309. The summed E-state index contributed by atoms with van der Waals surface area (Å²) < 4.78 is 22.9. The summed E-state index contributed by atoms with van der Waals surface area (Å²) in [6.07, 6.45) is 0.713. The fourth-order valence-corrected chi connectivity index (χ4v) is 4.24. The molecule has 0 aromatic carbocycles. The average molecular weight is 248 g/mol. The van der Waals surface area contributed by atoms with E-state index in [0.29, 0.717) is 30.6 Å². The molecule has 1 aliphatic heterocycles. The van der Waals surface area contributed by atoms with Crippen LogP contribution in [0.15, 0.2) is 0 Å². The van der Waals surface area contributed by atoms with Gasteiger partial charge in [-0.05, 0) is 38.3 Å². The van der Waals surface area contributed by atoms with Crippen LogP contribution in [-0.2, 0) is 9.84 Å². The van der Waals surface area contributed by atoms with E-state index in [-0.39, 0.29) is 11.3 Å². The highest BCUT2D eigenvalue weighted by atomic mass is 32.2. The first-order valence-corrected chi connectivity index (χ1v) is 7.76. The largest absolute Gasteiger partial charge is 0.330 e. The molecule has 0 aromatic heterocycles. The van der Waals surface area contributed by atoms with Crippen molar-refractivity contribution in [1.82, 2.24) is 5.32 Å². The third-order valence-corrected chi connectivity index (χ3v) is 5.44. The van der Waals surface area contributed by atoms with Crippen LogP contribution >= 0.6 is 0 Å². The van der Waals surface area contributed by atoms with E-state index in [1.165, 1.54) is 0 Å². The van der Waals surface area contributed by atoms with Gasteiger partial charge in [0.1, 0.15) is 0 Å². The van der Waals surface area contributed by atoms with Crippen molar-refractivity contribution in [2.24, 2.45) is 17.6 Å². The Morgan fingerprint density at radius 1 is 1.44 bits per heavy atom. The van der Waals surface area contributed by atoms with Crippen LogP contribution in [0.3, 0.4) is 0 Å². The summed E-state index contributed by atoms with van der Waals surface area (Å²) in [4.78, 5) is 0. The number of hydrogen-bond acceptors (Lipinski definition) is 4. The third-order valence-electron chi connectivity index (χ3n) is 3.54. The molecule has 3 N–H and O–H groups in total. The Balaban J connectivity index is 2.49. The highest BCUT2D eigenvalue weighted by Crippen LogP contribution is 2.23. The zero-order valence-electron chi connectivity index (χ0n) is 10.5. The van der Waals surface area contributed by atoms with Gasteiger partial charge in [0.2, 0.25) is 0 Å². The lowest BCUT2D eigenvalue weighted by Gasteiger charge is -2.28. The second-order valence-electron chi connectivity index (χ2n) is 5.52. The summed E-state index contributed by atoms with van der Waals surface area (Å²) in [5.74, 6) is 1.51. The minimum absolute atomic E-state index is 0.249. The van der Waals surface area contributed by atoms with Crippen molar-refractivity contribution in [1.29, 1.82) is 0 Å². The topological polar surface area (TPSA) is 72.2 Å². The molecule has 1 saturated heterocycles. The lowest BCUT2D eigenvalue weighted by Crippen LogP contribution is -2.47. The molecule has 1 fully saturated rings. The minimum Gasteiger partial charge on any atom is -0.330 e. The molecule has 2 atom stereocenters. The van der Waals surface area contributed by atoms with Crippen molar-refractivity contribution in [3.8, 4) is 0 Å². The van der Waals surface area contributed by atoms with Crippen LogP contribution in [0.4, 0.5) is 0 Å². The predicted molar refractivity (Wildman–Crippen MR) is 67.1 cm³/mol. The minimum atomic E-state index is -2.82. The SMILES string of the molecule is CC(C)C(CN)CNC1(C)CCS(=O)(=O)C1. The summed E-state index contributed by atoms with van der Waals surface area (Å²) >= 11 is 0. The van der Waals surface area contributed by atoms with E-state index >= 15 is 0 Å². The fraction of sp³-hybridized carbons (Fsp3) is 1.00. The van der Waals surface area contributed by atoms with Crippen molar-refractivity contribution >= 4 is 9.84 Å². The van der Waals surface area contributed by atoms with Gasteiger partial charge in [0.05, 0.1) is 11.5 Å². The molecular weight excluding hydrogens is 224 g/mol. The van der Waals surface area contributed by atoms with Gasteiger partial charge in [-0.3, -0.25) is 0 Å². The van der Waals surface area contributed by atoms with Crippen LogP contribution in [0.1, 0.15) is 27.2 Å². The highest BCUT2D eigenvalue weighted by molar-refractivity contribution is 7.91. The molecule has 96 valence electrons. The van der Waals surface area contributed by atoms with Gasteiger partial charge in [-0.1, -0.05) is 13.8 Å². The van der Waals surface area contributed by atoms with Gasteiger partial charge in [0.15, 0.2) is 9.84 Å². The maximum Gasteiger partial charge on any atom is 0.152 e. The Morgan fingerprint density at radius 3 is 2.44 bits per heavy atom. The van der Waals surface area contributed by atoms with E-state index in [9.17, 15) is 8.42 Å². The Bertz CT molecular complexity index is 327. The quantitative estimate of drug-likeness (QED) is 0.738. The molecule has 0 spiro atoms. The van der Waals surface area contributed by atoms with E-state index in [2.05, 4.69) is 19.2 Å². The fourth-order valence-electron chi connectivity index (χ4n) is 2.12. The second-order valence-corrected chi connectivity index (χ2v) is 7.71. The Kier molecular flexibility index (Phi) is 4.37. The normalized spacial score (nSPS) is 30.8. The van der Waals surface area contributed by atoms with Crippen LogP contribution in [0.25, 0.3) is 0 Å². The molecule has 0 aliphatic carbocycles. The number of sulfone groups is 1. The smallest absolute Gasteiger partial charge is 0.152 e. The summed E-state index contributed by atoms with van der Waals surface area (Å²) in [6.45, 7) is 7.74. The van der Waals surface area contributed by atoms with Gasteiger partial charge in [-0.25, -0.2) is 8.42 Å². The van der Waals surface area contributed by atoms with Gasteiger partial charge in [0.25, 0.3) is 0 Å². The van der Waals surface area contributed by atoms with Gasteiger partial charge in [-0.2, -0.15) is 0 Å². The van der Waals surface area contributed by atoms with E-state index in [1.54, 1.807) is 0 Å². The van der Waals surface area contributed by atoms with Crippen LogP contribution in [-0.4, -0.2) is 38.6 Å². The average Bonchev–Trinajstić information content (AvgIpc) is 2.41. The van der Waals surface area contributed by atoms with Crippen molar-refractivity contribution < 1.29 is 8.42 Å². The molecule has 0 saturated carbocycles. The first-order valence-electron chi connectivity index (χ1n) is 5.93. The maximum atomic E-state index is 11.4. The van der Waals surface area contributed by atoms with Crippen LogP contribution in [0, 0.1) is 11.8 Å². The van der Waals surface area contributed by atoms with E-state index in [4.69, 9.17) is 5.73 Å². The zero-order valence-corrected chi connectivity index (χ0v) is 11.3. The molecule has 1 rings (SSSR count). The van der Waals surface area contributed by atoms with Crippen LogP contribution < -0.4 is 11.1 Å². The van der Waals surface area contributed by atoms with E-state index in [1.807, 2.05) is 6.92 Å². The van der Waals surface area contributed by atoms with Crippen LogP contribution in [0.5, 0.6) is 0 Å². The number of nitrogens with one attached hydrogen (secondary N) is 1. The van der Waals surface area contributed by atoms with E-state index in [0.717, 1.165) is 6.54 Å². The molecule has 1 aliphatic rings. The number of nitrogens with two attached hydrogens (primary N) is 1. The zero-order chi connectivity index (χ0) is 12.4. The van der Waals surface area contributed by atoms with Gasteiger partial charge < -0.3 is 11.1 Å². The second kappa shape index (κ2) is 5.02. The van der Waals surface area contributed by atoms with Gasteiger partial charge in [0, 0.05) is 5.54 Å². The summed E-state index contributed by atoms with van der Waals surface area (Å²) in [7, 11) is -2.82. The van der Waals surface area contributed by atoms with Gasteiger partial charge in [-0.15, -0.1) is 0 Å². The first kappa shape index (κ1) is 13.9. The Morgan fingerprint density at radius 2 is 2.06 bits per heavy atom. The van der Waals surface area contributed by atoms with Crippen molar-refractivity contribution in [3.63, 3.8) is 0 Å². The van der Waals surface area contributed by atoms with Crippen molar-refractivity contribution in [2.75, 3.05) is 24.6 Å². The standard InChI is InChI=1S/C11H24N2O2S/c1-9(2)10(6-12)7-13-11(3)4-5-16(14,15)8-11/h9-10,13H,4-8,12H2,1-3H3. The molecule has 0 bridgehead atoms. The molecule has 0 aromatic rings. The molecule has 0 radical (unpaired) electrons. The molecule has 5 heteroatoms. The maximum absolute atomic E-state index is 11.4. The van der Waals surface area contributed by atoms with Gasteiger partial charge >= 0.3 is 0 Å². The van der Waals surface area contributed by atoms with E-state index < -0.39 is 9.84 Å². The molecule has 1 heterocycles. The monoisotopic (exact) mass is 248 g/mol. The summed E-state index contributed by atoms with van der Waals surface area (Å²) in [5, 5.41) is 3.39. The predicted octanol–water partition coefficient (Wildman–Crippen LogP) is 0.384. The Hall–Kier alpha value is -0.130. The number of rotatable bonds is 5. The van der Waals surface area contributed by atoms with Crippen LogP contribution in [0.2, 0.25) is 0 Å². The first-order chi connectivity index (χ1) is 7.28. The van der Waals surface area contributed by atoms with Crippen molar-refractivity contribution in [2.45, 2.75) is 32.7 Å². The summed E-state index contributed by atoms with van der Waals surface area (Å²) in [5.41, 5.74) is 5.45.